The van der Waals surface area contributed by atoms with E-state index in [0.717, 1.165) is 18.8 Å². The Hall–Kier alpha value is -2.63. The number of carbonyl (C=O) groups is 1. The third-order valence-corrected chi connectivity index (χ3v) is 4.54. The second kappa shape index (κ2) is 7.96. The van der Waals surface area contributed by atoms with Crippen LogP contribution >= 0.6 is 0 Å². The van der Waals surface area contributed by atoms with E-state index in [4.69, 9.17) is 0 Å². The Morgan fingerprint density at radius 2 is 1.68 bits per heavy atom. The van der Waals surface area contributed by atoms with Crippen molar-refractivity contribution in [2.75, 3.05) is 36.4 Å². The Kier molecular flexibility index (Phi) is 5.48. The quantitative estimate of drug-likeness (QED) is 0.875. The predicted molar refractivity (Wildman–Crippen MR) is 100 cm³/mol. The standard InChI is InChI=1S/C19H25N5O/c1-3-23(4-2)18(25)15-13-20-19(21-14-15)22-16-7-9-17(10-8-16)24-11-5-6-12-24/h7-10,13-14H,3-6,11-12H2,1-2H3,(H,20,21,22). The van der Waals surface area contributed by atoms with E-state index in [1.807, 2.05) is 26.0 Å². The van der Waals surface area contributed by atoms with Gasteiger partial charge in [-0.05, 0) is 51.0 Å². The van der Waals surface area contributed by atoms with Gasteiger partial charge in [-0.15, -0.1) is 0 Å². The van der Waals surface area contributed by atoms with Crippen molar-refractivity contribution < 1.29 is 4.79 Å². The molecule has 3 rings (SSSR count). The third kappa shape index (κ3) is 4.07. The molecule has 6 heteroatoms. The van der Waals surface area contributed by atoms with E-state index in [1.165, 1.54) is 18.5 Å². The van der Waals surface area contributed by atoms with Gasteiger partial charge in [0.1, 0.15) is 0 Å². The van der Waals surface area contributed by atoms with Gasteiger partial charge in [-0.1, -0.05) is 0 Å². The topological polar surface area (TPSA) is 61.4 Å². The number of hydrogen-bond donors (Lipinski definition) is 1. The van der Waals surface area contributed by atoms with Crippen molar-refractivity contribution in [3.8, 4) is 0 Å². The van der Waals surface area contributed by atoms with Crippen molar-refractivity contribution in [3.63, 3.8) is 0 Å². The van der Waals surface area contributed by atoms with Crippen molar-refractivity contribution in [1.82, 2.24) is 14.9 Å². The molecular formula is C19H25N5O. The van der Waals surface area contributed by atoms with Gasteiger partial charge >= 0.3 is 0 Å². The fourth-order valence-corrected chi connectivity index (χ4v) is 3.06. The number of carbonyl (C=O) groups excluding carboxylic acids is 1. The van der Waals surface area contributed by atoms with E-state index < -0.39 is 0 Å². The van der Waals surface area contributed by atoms with E-state index in [0.29, 0.717) is 24.6 Å². The molecule has 1 aliphatic heterocycles. The van der Waals surface area contributed by atoms with E-state index in [2.05, 4.69) is 32.3 Å². The molecule has 0 radical (unpaired) electrons. The van der Waals surface area contributed by atoms with Gasteiger partial charge in [-0.2, -0.15) is 0 Å². The van der Waals surface area contributed by atoms with E-state index in [1.54, 1.807) is 17.3 Å². The first kappa shape index (κ1) is 17.2. The molecule has 25 heavy (non-hydrogen) atoms. The Bertz CT molecular complexity index is 689. The van der Waals surface area contributed by atoms with Gasteiger partial charge < -0.3 is 15.1 Å². The number of hydrogen-bond acceptors (Lipinski definition) is 5. The molecule has 1 amide bonds. The zero-order chi connectivity index (χ0) is 17.6. The largest absolute Gasteiger partial charge is 0.372 e. The normalized spacial score (nSPS) is 13.8. The summed E-state index contributed by atoms with van der Waals surface area (Å²) in [6, 6.07) is 8.30. The summed E-state index contributed by atoms with van der Waals surface area (Å²) in [4.78, 5) is 24.9. The van der Waals surface area contributed by atoms with Crippen LogP contribution in [-0.2, 0) is 0 Å². The van der Waals surface area contributed by atoms with E-state index in [9.17, 15) is 4.79 Å². The number of nitrogens with zero attached hydrogens (tertiary/aromatic N) is 4. The molecule has 132 valence electrons. The Balaban J connectivity index is 1.64. The molecule has 0 aliphatic carbocycles. The minimum atomic E-state index is -0.0356. The van der Waals surface area contributed by atoms with Crippen molar-refractivity contribution >= 4 is 23.2 Å². The molecule has 0 bridgehead atoms. The lowest BCUT2D eigenvalue weighted by molar-refractivity contribution is 0.0772. The molecular weight excluding hydrogens is 314 g/mol. The SMILES string of the molecule is CCN(CC)C(=O)c1cnc(Nc2ccc(N3CCCC3)cc2)nc1. The van der Waals surface area contributed by atoms with Crippen molar-refractivity contribution in [2.45, 2.75) is 26.7 Å². The molecule has 0 atom stereocenters. The first-order chi connectivity index (χ1) is 12.2. The van der Waals surface area contributed by atoms with Crippen LogP contribution in [0.25, 0.3) is 0 Å². The van der Waals surface area contributed by atoms with Crippen LogP contribution < -0.4 is 10.2 Å². The number of anilines is 3. The minimum absolute atomic E-state index is 0.0356. The molecule has 1 aromatic carbocycles. The molecule has 6 nitrogen and oxygen atoms in total. The number of amides is 1. The highest BCUT2D eigenvalue weighted by Crippen LogP contribution is 2.23. The second-order valence-corrected chi connectivity index (χ2v) is 6.14. The van der Waals surface area contributed by atoms with Gasteiger partial charge in [0.05, 0.1) is 5.56 Å². The molecule has 1 saturated heterocycles. The smallest absolute Gasteiger partial charge is 0.256 e. The van der Waals surface area contributed by atoms with Crippen LogP contribution in [0.4, 0.5) is 17.3 Å². The van der Waals surface area contributed by atoms with Crippen molar-refractivity contribution in [1.29, 1.82) is 0 Å². The monoisotopic (exact) mass is 339 g/mol. The zero-order valence-electron chi connectivity index (χ0n) is 14.9. The average molecular weight is 339 g/mol. The van der Waals surface area contributed by atoms with Crippen LogP contribution in [0.1, 0.15) is 37.0 Å². The molecule has 0 saturated carbocycles. The summed E-state index contributed by atoms with van der Waals surface area (Å²) >= 11 is 0. The summed E-state index contributed by atoms with van der Waals surface area (Å²) in [7, 11) is 0. The number of nitrogens with one attached hydrogen (secondary N) is 1. The predicted octanol–water partition coefficient (Wildman–Crippen LogP) is 3.30. The van der Waals surface area contributed by atoms with Crippen LogP contribution in [0.5, 0.6) is 0 Å². The molecule has 2 heterocycles. The molecule has 1 N–H and O–H groups in total. The van der Waals surface area contributed by atoms with Gasteiger partial charge in [0, 0.05) is 49.9 Å². The Labute approximate surface area is 148 Å². The molecule has 2 aromatic rings. The summed E-state index contributed by atoms with van der Waals surface area (Å²) in [5, 5.41) is 3.18. The summed E-state index contributed by atoms with van der Waals surface area (Å²) in [6.07, 6.45) is 5.70. The van der Waals surface area contributed by atoms with E-state index in [-0.39, 0.29) is 5.91 Å². The summed E-state index contributed by atoms with van der Waals surface area (Å²) in [6.45, 7) is 7.56. The van der Waals surface area contributed by atoms with Crippen LogP contribution in [-0.4, -0.2) is 47.0 Å². The number of aromatic nitrogens is 2. The maximum atomic E-state index is 12.3. The van der Waals surface area contributed by atoms with Gasteiger partial charge in [0.25, 0.3) is 5.91 Å². The molecule has 0 spiro atoms. The highest BCUT2D eigenvalue weighted by Gasteiger charge is 2.14. The van der Waals surface area contributed by atoms with E-state index >= 15 is 0 Å². The van der Waals surface area contributed by atoms with Crippen LogP contribution in [0.2, 0.25) is 0 Å². The first-order valence-electron chi connectivity index (χ1n) is 8.94. The summed E-state index contributed by atoms with van der Waals surface area (Å²) in [5.41, 5.74) is 2.70. The molecule has 0 unspecified atom stereocenters. The van der Waals surface area contributed by atoms with Crippen LogP contribution in [0, 0.1) is 0 Å². The highest BCUT2D eigenvalue weighted by molar-refractivity contribution is 5.93. The molecule has 1 aliphatic rings. The number of rotatable bonds is 6. The van der Waals surface area contributed by atoms with Crippen LogP contribution in [0.3, 0.4) is 0 Å². The maximum Gasteiger partial charge on any atom is 0.256 e. The number of benzene rings is 1. The fraction of sp³-hybridized carbons (Fsp3) is 0.421. The van der Waals surface area contributed by atoms with Gasteiger partial charge in [0.2, 0.25) is 5.95 Å². The van der Waals surface area contributed by atoms with Crippen molar-refractivity contribution in [3.05, 3.63) is 42.2 Å². The summed E-state index contributed by atoms with van der Waals surface area (Å²) in [5.74, 6) is 0.455. The van der Waals surface area contributed by atoms with Gasteiger partial charge in [0.15, 0.2) is 0 Å². The lowest BCUT2D eigenvalue weighted by Crippen LogP contribution is -2.30. The minimum Gasteiger partial charge on any atom is -0.372 e. The van der Waals surface area contributed by atoms with Gasteiger partial charge in [-0.25, -0.2) is 9.97 Å². The second-order valence-electron chi connectivity index (χ2n) is 6.14. The highest BCUT2D eigenvalue weighted by atomic mass is 16.2. The van der Waals surface area contributed by atoms with Crippen LogP contribution in [0.15, 0.2) is 36.7 Å². The first-order valence-corrected chi connectivity index (χ1v) is 8.94. The summed E-state index contributed by atoms with van der Waals surface area (Å²) < 4.78 is 0. The lowest BCUT2D eigenvalue weighted by atomic mass is 10.2. The lowest BCUT2D eigenvalue weighted by Gasteiger charge is -2.18. The Morgan fingerprint density at radius 1 is 1.08 bits per heavy atom. The third-order valence-electron chi connectivity index (χ3n) is 4.54. The Morgan fingerprint density at radius 3 is 2.24 bits per heavy atom. The fourth-order valence-electron chi connectivity index (χ4n) is 3.06. The average Bonchev–Trinajstić information content (AvgIpc) is 3.18. The zero-order valence-corrected chi connectivity index (χ0v) is 14.9. The van der Waals surface area contributed by atoms with Crippen molar-refractivity contribution in [2.24, 2.45) is 0 Å². The van der Waals surface area contributed by atoms with Gasteiger partial charge in [-0.3, -0.25) is 4.79 Å². The maximum absolute atomic E-state index is 12.3. The molecule has 1 aromatic heterocycles. The molecule has 1 fully saturated rings.